The molecule has 1 atom stereocenters. The van der Waals surface area contributed by atoms with Crippen molar-refractivity contribution in [1.82, 2.24) is 4.90 Å². The standard InChI is InChI=1S/C14H18FNO2/c1-2-3-10-6-7-16(9-10)14(18)12-5-4-11(17)8-13(12)15/h4-5,8,10,17H,2-3,6-7,9H2,1H3. The minimum absolute atomic E-state index is 0.0462. The molecule has 1 heterocycles. The summed E-state index contributed by atoms with van der Waals surface area (Å²) in [7, 11) is 0. The van der Waals surface area contributed by atoms with Crippen LogP contribution in [-0.2, 0) is 0 Å². The number of hydrogen-bond acceptors (Lipinski definition) is 2. The van der Waals surface area contributed by atoms with Crippen molar-refractivity contribution in [3.8, 4) is 5.75 Å². The van der Waals surface area contributed by atoms with Crippen molar-refractivity contribution in [3.05, 3.63) is 29.6 Å². The van der Waals surface area contributed by atoms with Gasteiger partial charge in [-0.05, 0) is 30.9 Å². The number of nitrogens with zero attached hydrogens (tertiary/aromatic N) is 1. The van der Waals surface area contributed by atoms with E-state index >= 15 is 0 Å². The number of likely N-dealkylation sites (tertiary alicyclic amines) is 1. The van der Waals surface area contributed by atoms with Crippen molar-refractivity contribution >= 4 is 5.91 Å². The smallest absolute Gasteiger partial charge is 0.256 e. The quantitative estimate of drug-likeness (QED) is 0.897. The van der Waals surface area contributed by atoms with Crippen LogP contribution in [0.2, 0.25) is 0 Å². The van der Waals surface area contributed by atoms with Crippen LogP contribution in [0.1, 0.15) is 36.5 Å². The molecule has 0 radical (unpaired) electrons. The lowest BCUT2D eigenvalue weighted by atomic mass is 10.0. The van der Waals surface area contributed by atoms with Gasteiger partial charge in [0.15, 0.2) is 0 Å². The molecule has 2 rings (SSSR count). The maximum absolute atomic E-state index is 13.6. The monoisotopic (exact) mass is 251 g/mol. The predicted molar refractivity (Wildman–Crippen MR) is 67.0 cm³/mol. The van der Waals surface area contributed by atoms with Crippen molar-refractivity contribution in [2.75, 3.05) is 13.1 Å². The van der Waals surface area contributed by atoms with E-state index in [4.69, 9.17) is 5.11 Å². The molecule has 1 aromatic carbocycles. The SMILES string of the molecule is CCCC1CCN(C(=O)c2ccc(O)cc2F)C1. The first-order valence-corrected chi connectivity index (χ1v) is 6.39. The van der Waals surface area contributed by atoms with Crippen LogP contribution < -0.4 is 0 Å². The van der Waals surface area contributed by atoms with E-state index in [1.54, 1.807) is 4.90 Å². The highest BCUT2D eigenvalue weighted by Crippen LogP contribution is 2.24. The number of rotatable bonds is 3. The molecule has 0 aliphatic carbocycles. The molecule has 3 nitrogen and oxygen atoms in total. The van der Waals surface area contributed by atoms with Crippen LogP contribution in [0.15, 0.2) is 18.2 Å². The lowest BCUT2D eigenvalue weighted by Gasteiger charge is -2.17. The number of amides is 1. The van der Waals surface area contributed by atoms with Crippen LogP contribution in [0.3, 0.4) is 0 Å². The normalized spacial score (nSPS) is 19.2. The molecule has 1 saturated heterocycles. The van der Waals surface area contributed by atoms with Crippen LogP contribution in [0, 0.1) is 11.7 Å². The molecule has 0 spiro atoms. The fraction of sp³-hybridized carbons (Fsp3) is 0.500. The summed E-state index contributed by atoms with van der Waals surface area (Å²) in [5.74, 6) is -0.543. The number of aromatic hydroxyl groups is 1. The van der Waals surface area contributed by atoms with Gasteiger partial charge in [0.25, 0.3) is 5.91 Å². The molecule has 4 heteroatoms. The first-order valence-electron chi connectivity index (χ1n) is 6.39. The van der Waals surface area contributed by atoms with Gasteiger partial charge in [-0.15, -0.1) is 0 Å². The van der Waals surface area contributed by atoms with Gasteiger partial charge in [-0.25, -0.2) is 4.39 Å². The van der Waals surface area contributed by atoms with Crippen molar-refractivity contribution in [2.45, 2.75) is 26.2 Å². The van der Waals surface area contributed by atoms with Gasteiger partial charge < -0.3 is 10.0 Å². The third-order valence-electron chi connectivity index (χ3n) is 3.45. The minimum Gasteiger partial charge on any atom is -0.508 e. The fourth-order valence-corrected chi connectivity index (χ4v) is 2.51. The molecule has 1 aliphatic rings. The van der Waals surface area contributed by atoms with Crippen molar-refractivity contribution < 1.29 is 14.3 Å². The summed E-state index contributed by atoms with van der Waals surface area (Å²) in [6.07, 6.45) is 3.22. The number of carbonyl (C=O) groups is 1. The summed E-state index contributed by atoms with van der Waals surface area (Å²) < 4.78 is 13.6. The summed E-state index contributed by atoms with van der Waals surface area (Å²) in [5, 5.41) is 9.13. The lowest BCUT2D eigenvalue weighted by Crippen LogP contribution is -2.29. The highest BCUT2D eigenvalue weighted by atomic mass is 19.1. The van der Waals surface area contributed by atoms with Gasteiger partial charge in [0.05, 0.1) is 5.56 Å². The maximum atomic E-state index is 13.6. The summed E-state index contributed by atoms with van der Waals surface area (Å²) >= 11 is 0. The molecule has 18 heavy (non-hydrogen) atoms. The van der Waals surface area contributed by atoms with E-state index in [1.807, 2.05) is 0 Å². The Balaban J connectivity index is 2.08. The lowest BCUT2D eigenvalue weighted by molar-refractivity contribution is 0.0782. The van der Waals surface area contributed by atoms with Gasteiger partial charge in [-0.3, -0.25) is 4.79 Å². The molecular formula is C14H18FNO2. The Morgan fingerprint density at radius 1 is 1.56 bits per heavy atom. The van der Waals surface area contributed by atoms with Crippen LogP contribution in [0.25, 0.3) is 0 Å². The van der Waals surface area contributed by atoms with E-state index in [-0.39, 0.29) is 17.2 Å². The molecule has 1 aliphatic heterocycles. The zero-order chi connectivity index (χ0) is 13.1. The average Bonchev–Trinajstić information content (AvgIpc) is 2.77. The maximum Gasteiger partial charge on any atom is 0.256 e. The van der Waals surface area contributed by atoms with E-state index in [0.717, 1.165) is 25.3 Å². The zero-order valence-corrected chi connectivity index (χ0v) is 10.5. The van der Waals surface area contributed by atoms with Crippen molar-refractivity contribution in [3.63, 3.8) is 0 Å². The van der Waals surface area contributed by atoms with Crippen molar-refractivity contribution in [1.29, 1.82) is 0 Å². The first kappa shape index (κ1) is 12.9. The Morgan fingerprint density at radius 2 is 2.33 bits per heavy atom. The molecule has 1 fully saturated rings. The second-order valence-corrected chi connectivity index (χ2v) is 4.86. The molecule has 0 bridgehead atoms. The summed E-state index contributed by atoms with van der Waals surface area (Å²) in [6.45, 7) is 3.54. The second kappa shape index (κ2) is 5.38. The average molecular weight is 251 g/mol. The summed E-state index contributed by atoms with van der Waals surface area (Å²) in [5.41, 5.74) is 0.0462. The minimum atomic E-state index is -0.654. The van der Waals surface area contributed by atoms with E-state index in [2.05, 4.69) is 6.92 Å². The Kier molecular flexibility index (Phi) is 3.84. The van der Waals surface area contributed by atoms with E-state index < -0.39 is 5.82 Å². The Labute approximate surface area is 106 Å². The van der Waals surface area contributed by atoms with Crippen LogP contribution in [0.4, 0.5) is 4.39 Å². The Bertz CT molecular complexity index is 447. The van der Waals surface area contributed by atoms with Gasteiger partial charge in [0, 0.05) is 19.2 Å². The van der Waals surface area contributed by atoms with E-state index in [1.165, 1.54) is 12.1 Å². The van der Waals surface area contributed by atoms with Crippen LogP contribution in [-0.4, -0.2) is 29.0 Å². The van der Waals surface area contributed by atoms with E-state index in [9.17, 15) is 9.18 Å². The van der Waals surface area contributed by atoms with Crippen LogP contribution >= 0.6 is 0 Å². The fourth-order valence-electron chi connectivity index (χ4n) is 2.51. The molecule has 0 aromatic heterocycles. The Hall–Kier alpha value is -1.58. The first-order chi connectivity index (χ1) is 8.61. The molecule has 0 saturated carbocycles. The van der Waals surface area contributed by atoms with Gasteiger partial charge in [-0.1, -0.05) is 13.3 Å². The largest absolute Gasteiger partial charge is 0.508 e. The number of hydrogen-bond donors (Lipinski definition) is 1. The highest BCUT2D eigenvalue weighted by molar-refractivity contribution is 5.94. The zero-order valence-electron chi connectivity index (χ0n) is 10.5. The Morgan fingerprint density at radius 3 is 3.00 bits per heavy atom. The molecule has 1 N–H and O–H groups in total. The number of carbonyl (C=O) groups excluding carboxylic acids is 1. The number of benzene rings is 1. The molecule has 1 aromatic rings. The summed E-state index contributed by atoms with van der Waals surface area (Å²) in [4.78, 5) is 13.8. The topological polar surface area (TPSA) is 40.5 Å². The van der Waals surface area contributed by atoms with E-state index in [0.29, 0.717) is 19.0 Å². The number of phenolic OH excluding ortho intramolecular Hbond substituents is 1. The van der Waals surface area contributed by atoms with Gasteiger partial charge >= 0.3 is 0 Å². The van der Waals surface area contributed by atoms with Gasteiger partial charge in [0.2, 0.25) is 0 Å². The van der Waals surface area contributed by atoms with Gasteiger partial charge in [0.1, 0.15) is 11.6 Å². The van der Waals surface area contributed by atoms with Gasteiger partial charge in [-0.2, -0.15) is 0 Å². The third-order valence-corrected chi connectivity index (χ3v) is 3.45. The molecular weight excluding hydrogens is 233 g/mol. The summed E-state index contributed by atoms with van der Waals surface area (Å²) in [6, 6.07) is 3.67. The number of halogens is 1. The molecule has 1 amide bonds. The second-order valence-electron chi connectivity index (χ2n) is 4.86. The third kappa shape index (κ3) is 2.63. The number of phenols is 1. The highest BCUT2D eigenvalue weighted by Gasteiger charge is 2.27. The van der Waals surface area contributed by atoms with Crippen LogP contribution in [0.5, 0.6) is 5.75 Å². The molecule has 98 valence electrons. The predicted octanol–water partition coefficient (Wildman–Crippen LogP) is 2.79. The van der Waals surface area contributed by atoms with Crippen molar-refractivity contribution in [2.24, 2.45) is 5.92 Å². The molecule has 1 unspecified atom stereocenters.